The third-order valence-electron chi connectivity index (χ3n) is 3.90. The molecular formula is C19H16N4O2S2. The molecule has 4 rings (SSSR count). The summed E-state index contributed by atoms with van der Waals surface area (Å²) in [5.41, 5.74) is 3.49. The first kappa shape index (κ1) is 17.4. The van der Waals surface area contributed by atoms with Crippen molar-refractivity contribution >= 4 is 34.4 Å². The van der Waals surface area contributed by atoms with Crippen molar-refractivity contribution in [2.75, 3.05) is 12.4 Å². The van der Waals surface area contributed by atoms with Gasteiger partial charge in [-0.3, -0.25) is 9.89 Å². The van der Waals surface area contributed by atoms with E-state index in [1.807, 2.05) is 46.5 Å². The Kier molecular flexibility index (Phi) is 4.99. The first-order valence-corrected chi connectivity index (χ1v) is 10.0. The molecule has 6 nitrogen and oxygen atoms in total. The smallest absolute Gasteiger partial charge is 0.231 e. The molecule has 3 aromatic heterocycles. The van der Waals surface area contributed by atoms with Crippen LogP contribution >= 0.6 is 22.7 Å². The lowest BCUT2D eigenvalue weighted by Crippen LogP contribution is -2.14. The molecule has 1 amide bonds. The first-order chi connectivity index (χ1) is 13.2. The topological polar surface area (TPSA) is 79.9 Å². The van der Waals surface area contributed by atoms with Gasteiger partial charge in [0.1, 0.15) is 10.8 Å². The van der Waals surface area contributed by atoms with E-state index in [1.165, 1.54) is 0 Å². The van der Waals surface area contributed by atoms with Gasteiger partial charge in [0, 0.05) is 28.0 Å². The predicted octanol–water partition coefficient (Wildman–Crippen LogP) is 4.45. The molecule has 0 spiro atoms. The Morgan fingerprint density at radius 2 is 2.15 bits per heavy atom. The highest BCUT2D eigenvalue weighted by atomic mass is 32.1. The van der Waals surface area contributed by atoms with Gasteiger partial charge < -0.3 is 10.1 Å². The molecule has 0 aliphatic heterocycles. The number of thiophene rings is 1. The highest BCUT2D eigenvalue weighted by molar-refractivity contribution is 7.14. The molecule has 0 saturated carbocycles. The monoisotopic (exact) mass is 396 g/mol. The van der Waals surface area contributed by atoms with Crippen molar-refractivity contribution in [3.63, 3.8) is 0 Å². The predicted molar refractivity (Wildman–Crippen MR) is 108 cm³/mol. The highest BCUT2D eigenvalue weighted by Crippen LogP contribution is 2.29. The summed E-state index contributed by atoms with van der Waals surface area (Å²) in [6.45, 7) is 0. The minimum absolute atomic E-state index is 0.157. The van der Waals surface area contributed by atoms with Crippen molar-refractivity contribution < 1.29 is 9.53 Å². The average molecular weight is 396 g/mol. The van der Waals surface area contributed by atoms with Gasteiger partial charge >= 0.3 is 0 Å². The van der Waals surface area contributed by atoms with Gasteiger partial charge in [0.15, 0.2) is 5.82 Å². The summed E-state index contributed by atoms with van der Waals surface area (Å²) < 4.78 is 5.36. The van der Waals surface area contributed by atoms with Gasteiger partial charge in [-0.1, -0.05) is 12.1 Å². The number of amides is 1. The fourth-order valence-corrected chi connectivity index (χ4v) is 4.18. The van der Waals surface area contributed by atoms with Crippen molar-refractivity contribution in [2.24, 2.45) is 0 Å². The number of benzene rings is 1. The minimum Gasteiger partial charge on any atom is -0.496 e. The van der Waals surface area contributed by atoms with Gasteiger partial charge in [-0.25, -0.2) is 4.98 Å². The van der Waals surface area contributed by atoms with Crippen molar-refractivity contribution in [2.45, 2.75) is 6.42 Å². The molecule has 0 unspecified atom stereocenters. The second-order valence-electron chi connectivity index (χ2n) is 5.75. The number of anilines is 1. The van der Waals surface area contributed by atoms with E-state index in [-0.39, 0.29) is 12.3 Å². The van der Waals surface area contributed by atoms with Crippen LogP contribution in [-0.4, -0.2) is 28.2 Å². The second-order valence-corrected chi connectivity index (χ2v) is 7.39. The maximum absolute atomic E-state index is 12.3. The van der Waals surface area contributed by atoms with E-state index < -0.39 is 0 Å². The van der Waals surface area contributed by atoms with E-state index >= 15 is 0 Å². The van der Waals surface area contributed by atoms with Gasteiger partial charge in [0.25, 0.3) is 0 Å². The summed E-state index contributed by atoms with van der Waals surface area (Å²) >= 11 is 3.17. The molecule has 1 aromatic carbocycles. The van der Waals surface area contributed by atoms with Crippen LogP contribution < -0.4 is 10.1 Å². The number of aromatic nitrogens is 3. The van der Waals surface area contributed by atoms with Gasteiger partial charge in [-0.15, -0.1) is 11.3 Å². The van der Waals surface area contributed by atoms with Crippen molar-refractivity contribution in [3.8, 4) is 27.6 Å². The summed E-state index contributed by atoms with van der Waals surface area (Å²) in [6.07, 6.45) is 0.206. The number of ether oxygens (including phenoxy) is 1. The number of thiazole rings is 1. The lowest BCUT2D eigenvalue weighted by Gasteiger charge is -2.05. The number of para-hydroxylation sites is 1. The molecule has 0 radical (unpaired) electrons. The summed E-state index contributed by atoms with van der Waals surface area (Å²) in [5, 5.41) is 16.8. The van der Waals surface area contributed by atoms with Crippen LogP contribution in [0.3, 0.4) is 0 Å². The zero-order valence-electron chi connectivity index (χ0n) is 14.4. The van der Waals surface area contributed by atoms with E-state index in [1.54, 1.807) is 35.8 Å². The number of rotatable bonds is 6. The summed E-state index contributed by atoms with van der Waals surface area (Å²) in [7, 11) is 1.62. The molecule has 136 valence electrons. The number of carbonyl (C=O) groups excluding carboxylic acids is 1. The second kappa shape index (κ2) is 7.73. The van der Waals surface area contributed by atoms with Crippen LogP contribution in [-0.2, 0) is 11.2 Å². The fourth-order valence-electron chi connectivity index (χ4n) is 2.65. The molecule has 27 heavy (non-hydrogen) atoms. The number of hydrogen-bond acceptors (Lipinski definition) is 6. The lowest BCUT2D eigenvalue weighted by molar-refractivity contribution is -0.115. The largest absolute Gasteiger partial charge is 0.496 e. The van der Waals surface area contributed by atoms with E-state index in [0.717, 1.165) is 33.3 Å². The Balaban J connectivity index is 1.43. The molecule has 0 bridgehead atoms. The number of nitrogens with one attached hydrogen (secondary N) is 2. The summed E-state index contributed by atoms with van der Waals surface area (Å²) in [5.74, 6) is 1.05. The molecule has 3 heterocycles. The maximum atomic E-state index is 12.3. The van der Waals surface area contributed by atoms with E-state index in [0.29, 0.717) is 5.82 Å². The maximum Gasteiger partial charge on any atom is 0.231 e. The SMILES string of the molecule is COc1ccccc1-c1cc(NC(=O)Cc2csc(-c3ccsc3)n2)n[nH]1. The number of hydrogen-bond donors (Lipinski definition) is 2. The van der Waals surface area contributed by atoms with Crippen LogP contribution in [0.1, 0.15) is 5.69 Å². The Hall–Kier alpha value is -2.97. The van der Waals surface area contributed by atoms with Gasteiger partial charge in [0.2, 0.25) is 5.91 Å². The molecule has 2 N–H and O–H groups in total. The quantitative estimate of drug-likeness (QED) is 0.505. The number of methoxy groups -OCH3 is 1. The Morgan fingerprint density at radius 3 is 2.96 bits per heavy atom. The molecule has 8 heteroatoms. The van der Waals surface area contributed by atoms with Crippen LogP contribution in [0.15, 0.2) is 52.5 Å². The number of carbonyl (C=O) groups is 1. The molecule has 0 aliphatic rings. The zero-order valence-corrected chi connectivity index (χ0v) is 16.1. The normalized spacial score (nSPS) is 10.7. The van der Waals surface area contributed by atoms with Crippen LogP contribution in [0.4, 0.5) is 5.82 Å². The molecule has 4 aromatic rings. The van der Waals surface area contributed by atoms with Gasteiger partial charge in [-0.2, -0.15) is 16.4 Å². The lowest BCUT2D eigenvalue weighted by atomic mass is 10.1. The molecule has 0 aliphatic carbocycles. The third-order valence-corrected chi connectivity index (χ3v) is 5.53. The molecular weight excluding hydrogens is 380 g/mol. The van der Waals surface area contributed by atoms with Crippen molar-refractivity contribution in [1.82, 2.24) is 15.2 Å². The average Bonchev–Trinajstić information content (AvgIpc) is 3.43. The first-order valence-electron chi connectivity index (χ1n) is 8.18. The van der Waals surface area contributed by atoms with Crippen LogP contribution in [0, 0.1) is 0 Å². The highest BCUT2D eigenvalue weighted by Gasteiger charge is 2.13. The van der Waals surface area contributed by atoms with Crippen molar-refractivity contribution in [3.05, 3.63) is 58.2 Å². The van der Waals surface area contributed by atoms with Crippen LogP contribution in [0.5, 0.6) is 5.75 Å². The van der Waals surface area contributed by atoms with Gasteiger partial charge in [0.05, 0.1) is 24.9 Å². The molecule has 0 atom stereocenters. The molecule has 0 saturated heterocycles. The van der Waals surface area contributed by atoms with Gasteiger partial charge in [-0.05, 0) is 23.6 Å². The Bertz CT molecular complexity index is 1050. The summed E-state index contributed by atoms with van der Waals surface area (Å²) in [4.78, 5) is 16.9. The zero-order chi connectivity index (χ0) is 18.6. The number of aromatic amines is 1. The standard InChI is InChI=1S/C19H16N4O2S2/c1-25-16-5-3-2-4-14(16)15-9-17(23-22-15)21-18(24)8-13-11-27-19(20-13)12-6-7-26-10-12/h2-7,9-11H,8H2,1H3,(H2,21,22,23,24). The van der Waals surface area contributed by atoms with Crippen molar-refractivity contribution in [1.29, 1.82) is 0 Å². The van der Waals surface area contributed by atoms with Crippen LogP contribution in [0.25, 0.3) is 21.8 Å². The molecule has 0 fully saturated rings. The summed E-state index contributed by atoms with van der Waals surface area (Å²) in [6, 6.07) is 11.4. The fraction of sp³-hybridized carbons (Fsp3) is 0.105. The number of H-pyrrole nitrogens is 1. The Labute approximate surface area is 163 Å². The van der Waals surface area contributed by atoms with E-state index in [9.17, 15) is 4.79 Å². The minimum atomic E-state index is -0.157. The van der Waals surface area contributed by atoms with Crippen LogP contribution in [0.2, 0.25) is 0 Å². The van der Waals surface area contributed by atoms with E-state index in [4.69, 9.17) is 4.74 Å². The third kappa shape index (κ3) is 3.91. The Morgan fingerprint density at radius 1 is 1.26 bits per heavy atom. The number of nitrogens with zero attached hydrogens (tertiary/aromatic N) is 2. The van der Waals surface area contributed by atoms with E-state index in [2.05, 4.69) is 20.5 Å².